The van der Waals surface area contributed by atoms with Crippen molar-refractivity contribution in [2.75, 3.05) is 13.2 Å². The molecule has 0 aromatic carbocycles. The van der Waals surface area contributed by atoms with Crippen LogP contribution in [0.1, 0.15) is 194 Å². The van der Waals surface area contributed by atoms with Crippen LogP contribution >= 0.6 is 0 Å². The van der Waals surface area contributed by atoms with Gasteiger partial charge in [0, 0.05) is 6.42 Å². The summed E-state index contributed by atoms with van der Waals surface area (Å²) in [4.78, 5) is 26.3. The first-order valence-electron chi connectivity index (χ1n) is 26.4. The van der Waals surface area contributed by atoms with Gasteiger partial charge in [0.15, 0.2) is 12.4 Å². The van der Waals surface area contributed by atoms with Crippen molar-refractivity contribution in [3.8, 4) is 0 Å². The van der Waals surface area contributed by atoms with E-state index in [2.05, 4.69) is 44.3 Å². The molecule has 1 heterocycles. The van der Waals surface area contributed by atoms with Crippen molar-refractivity contribution in [2.45, 2.75) is 243 Å². The van der Waals surface area contributed by atoms with Gasteiger partial charge in [0.25, 0.3) is 0 Å². The second kappa shape index (κ2) is 44.1. The number of nitrogens with one attached hydrogen (secondary N) is 1. The summed E-state index contributed by atoms with van der Waals surface area (Å²) in [7, 11) is 0. The predicted molar refractivity (Wildman–Crippen MR) is 273 cm³/mol. The lowest BCUT2D eigenvalue weighted by Crippen LogP contribution is -2.61. The Balaban J connectivity index is 2.82. The Hall–Kier alpha value is -3.16. The molecular formula is C56H95NO10. The van der Waals surface area contributed by atoms with Crippen LogP contribution in [0.4, 0.5) is 0 Å². The number of aliphatic hydroxyl groups excluding tert-OH is 5. The number of allylic oxidation sites excluding steroid dienone is 13. The van der Waals surface area contributed by atoms with Gasteiger partial charge in [-0.25, -0.2) is 0 Å². The van der Waals surface area contributed by atoms with Gasteiger partial charge >= 0.3 is 5.97 Å². The first-order valence-corrected chi connectivity index (χ1v) is 26.4. The zero-order valence-electron chi connectivity index (χ0n) is 42.0. The number of amides is 1. The molecule has 1 rings (SSSR count). The van der Waals surface area contributed by atoms with Crippen LogP contribution < -0.4 is 5.32 Å². The van der Waals surface area contributed by atoms with E-state index in [0.29, 0.717) is 19.3 Å². The number of esters is 1. The lowest BCUT2D eigenvalue weighted by molar-refractivity contribution is -0.305. The SMILES string of the molecule is CC/C=C/C=C/C=C\C=C/C=C/CCCC(=O)OC1C(OCC(NC(=O)C(O)CCCCCCCC/C=C\CCCCCC)C(O)/C=C/CCCCCCCCCCC)OC(CO)C(O)C1O. The molecule has 0 aromatic heterocycles. The summed E-state index contributed by atoms with van der Waals surface area (Å²) in [5.74, 6) is -1.29. The van der Waals surface area contributed by atoms with Crippen molar-refractivity contribution in [1.29, 1.82) is 0 Å². The van der Waals surface area contributed by atoms with Crippen molar-refractivity contribution in [1.82, 2.24) is 5.32 Å². The summed E-state index contributed by atoms with van der Waals surface area (Å²) in [5, 5.41) is 56.5. The third kappa shape index (κ3) is 33.1. The highest BCUT2D eigenvalue weighted by atomic mass is 16.7. The highest BCUT2D eigenvalue weighted by Gasteiger charge is 2.47. The number of hydrogen-bond donors (Lipinski definition) is 6. The monoisotopic (exact) mass is 942 g/mol. The van der Waals surface area contributed by atoms with Gasteiger partial charge < -0.3 is 45.1 Å². The van der Waals surface area contributed by atoms with Crippen molar-refractivity contribution < 1.29 is 49.3 Å². The Kier molecular flexibility index (Phi) is 40.7. The molecule has 8 atom stereocenters. The standard InChI is InChI=1S/C56H95NO10/c1-4-7-10-13-16-19-22-24-26-28-31-34-37-40-43-49(60)55(64)57-47(48(59)42-39-36-33-30-27-21-18-15-12-9-6-3)46-65-56-54(53(63)52(62)50(45-58)66-56)67-51(61)44-41-38-35-32-29-25-23-20-17-14-11-8-5-2/h8,11,14,17,19-20,22-23,25,29,32,35,39,42,47-50,52-54,56,58-60,62-63H,4-7,9-10,12-13,15-16,18,21,24,26-28,30-31,33-34,36-38,40-41,43-46H2,1-3H3,(H,57,64)/b11-8+,17-14+,22-19-,23-20-,29-25-,35-32+,42-39+. The highest BCUT2D eigenvalue weighted by Crippen LogP contribution is 2.26. The fourth-order valence-corrected chi connectivity index (χ4v) is 7.67. The number of aliphatic hydroxyl groups is 5. The fraction of sp³-hybridized carbons (Fsp3) is 0.714. The Bertz CT molecular complexity index is 1410. The van der Waals surface area contributed by atoms with E-state index in [1.807, 2.05) is 60.8 Å². The molecule has 1 amide bonds. The zero-order valence-corrected chi connectivity index (χ0v) is 42.0. The third-order valence-electron chi connectivity index (χ3n) is 11.9. The maximum absolute atomic E-state index is 13.3. The van der Waals surface area contributed by atoms with Crippen molar-refractivity contribution in [3.05, 3.63) is 85.1 Å². The number of carbonyl (C=O) groups excluding carboxylic acids is 2. The number of carbonyl (C=O) groups is 2. The molecular weight excluding hydrogens is 847 g/mol. The van der Waals surface area contributed by atoms with Gasteiger partial charge in [0.05, 0.1) is 25.4 Å². The van der Waals surface area contributed by atoms with Crippen LogP contribution in [0, 0.1) is 0 Å². The first kappa shape index (κ1) is 61.9. The smallest absolute Gasteiger partial charge is 0.306 e. The molecule has 384 valence electrons. The summed E-state index contributed by atoms with van der Waals surface area (Å²) in [5.41, 5.74) is 0. The van der Waals surface area contributed by atoms with E-state index in [0.717, 1.165) is 70.6 Å². The molecule has 0 spiro atoms. The normalized spacial score (nSPS) is 20.7. The lowest BCUT2D eigenvalue weighted by Gasteiger charge is -2.41. The van der Waals surface area contributed by atoms with E-state index in [1.165, 1.54) is 70.6 Å². The predicted octanol–water partition coefficient (Wildman–Crippen LogP) is 11.0. The maximum Gasteiger partial charge on any atom is 0.306 e. The number of rotatable bonds is 42. The van der Waals surface area contributed by atoms with Gasteiger partial charge in [-0.2, -0.15) is 0 Å². The fourth-order valence-electron chi connectivity index (χ4n) is 7.67. The second-order valence-electron chi connectivity index (χ2n) is 18.0. The van der Waals surface area contributed by atoms with Gasteiger partial charge in [-0.3, -0.25) is 9.59 Å². The summed E-state index contributed by atoms with van der Waals surface area (Å²) in [6, 6.07) is -1.04. The van der Waals surface area contributed by atoms with E-state index < -0.39 is 67.4 Å². The van der Waals surface area contributed by atoms with E-state index in [1.54, 1.807) is 6.08 Å². The van der Waals surface area contributed by atoms with Gasteiger partial charge in [0.2, 0.25) is 5.91 Å². The van der Waals surface area contributed by atoms with E-state index in [4.69, 9.17) is 14.2 Å². The van der Waals surface area contributed by atoms with Crippen molar-refractivity contribution in [2.24, 2.45) is 0 Å². The van der Waals surface area contributed by atoms with Crippen molar-refractivity contribution >= 4 is 11.9 Å². The van der Waals surface area contributed by atoms with Crippen molar-refractivity contribution in [3.63, 3.8) is 0 Å². The molecule has 67 heavy (non-hydrogen) atoms. The quantitative estimate of drug-likeness (QED) is 0.0150. The lowest BCUT2D eigenvalue weighted by atomic mass is 9.99. The first-order chi connectivity index (χ1) is 32.7. The molecule has 1 saturated heterocycles. The average Bonchev–Trinajstić information content (AvgIpc) is 3.32. The minimum Gasteiger partial charge on any atom is -0.454 e. The molecule has 0 aromatic rings. The molecule has 0 bridgehead atoms. The Morgan fingerprint density at radius 2 is 1.09 bits per heavy atom. The molecule has 8 unspecified atom stereocenters. The number of hydrogen-bond acceptors (Lipinski definition) is 10. The Morgan fingerprint density at radius 1 is 0.597 bits per heavy atom. The minimum absolute atomic E-state index is 0.0233. The summed E-state index contributed by atoms with van der Waals surface area (Å²) < 4.78 is 17.4. The maximum atomic E-state index is 13.3. The molecule has 0 radical (unpaired) electrons. The number of unbranched alkanes of at least 4 members (excludes halogenated alkanes) is 20. The van der Waals surface area contributed by atoms with E-state index >= 15 is 0 Å². The van der Waals surface area contributed by atoms with E-state index in [-0.39, 0.29) is 19.4 Å². The summed E-state index contributed by atoms with van der Waals surface area (Å²) in [6.45, 7) is 5.54. The van der Waals surface area contributed by atoms with Crippen LogP contribution in [-0.4, -0.2) is 99.6 Å². The zero-order chi connectivity index (χ0) is 49.0. The second-order valence-corrected chi connectivity index (χ2v) is 18.0. The third-order valence-corrected chi connectivity index (χ3v) is 11.9. The molecule has 11 nitrogen and oxygen atoms in total. The molecule has 1 fully saturated rings. The van der Waals surface area contributed by atoms with Gasteiger partial charge in [-0.05, 0) is 64.2 Å². The highest BCUT2D eigenvalue weighted by molar-refractivity contribution is 5.80. The average molecular weight is 942 g/mol. The van der Waals surface area contributed by atoms with Crippen LogP contribution in [0.15, 0.2) is 85.1 Å². The molecule has 0 saturated carbocycles. The van der Waals surface area contributed by atoms with Crippen LogP contribution in [0.25, 0.3) is 0 Å². The Labute approximate surface area is 406 Å². The van der Waals surface area contributed by atoms with Crippen LogP contribution in [0.2, 0.25) is 0 Å². The topological polar surface area (TPSA) is 175 Å². The van der Waals surface area contributed by atoms with Gasteiger partial charge in [-0.1, -0.05) is 209 Å². The molecule has 11 heteroatoms. The molecule has 0 aliphatic carbocycles. The van der Waals surface area contributed by atoms with Gasteiger partial charge in [-0.15, -0.1) is 0 Å². The summed E-state index contributed by atoms with van der Waals surface area (Å²) >= 11 is 0. The summed E-state index contributed by atoms with van der Waals surface area (Å²) in [6.07, 6.45) is 45.0. The van der Waals surface area contributed by atoms with Crippen LogP contribution in [-0.2, 0) is 23.8 Å². The molecule has 1 aliphatic rings. The van der Waals surface area contributed by atoms with Crippen LogP contribution in [0.5, 0.6) is 0 Å². The Morgan fingerprint density at radius 3 is 1.66 bits per heavy atom. The number of ether oxygens (including phenoxy) is 3. The van der Waals surface area contributed by atoms with Gasteiger partial charge in [0.1, 0.15) is 24.4 Å². The van der Waals surface area contributed by atoms with E-state index in [9.17, 15) is 35.1 Å². The minimum atomic E-state index is -1.64. The molecule has 1 aliphatic heterocycles. The van der Waals surface area contributed by atoms with Crippen LogP contribution in [0.3, 0.4) is 0 Å². The largest absolute Gasteiger partial charge is 0.454 e. The molecule has 6 N–H and O–H groups in total.